The van der Waals surface area contributed by atoms with E-state index in [-0.39, 0.29) is 10.8 Å². The molecule has 3 heterocycles. The molecule has 266 valence electrons. The number of nitrogens with zero attached hydrogens (tertiary/aromatic N) is 4. The number of aryl methyl sites for hydroxylation is 3. The highest BCUT2D eigenvalue weighted by Crippen LogP contribution is 2.39. The second-order valence-corrected chi connectivity index (χ2v) is 16.9. The van der Waals surface area contributed by atoms with Crippen LogP contribution in [0.4, 0.5) is 0 Å². The summed E-state index contributed by atoms with van der Waals surface area (Å²) in [5.41, 5.74) is 14.2. The van der Waals surface area contributed by atoms with Gasteiger partial charge in [-0.2, -0.15) is 5.10 Å². The molecule has 52 heavy (non-hydrogen) atoms. The molecule has 7 rings (SSSR count). The number of ether oxygens (including phenoxy) is 1. The summed E-state index contributed by atoms with van der Waals surface area (Å²) in [6.45, 7) is 26.8. The van der Waals surface area contributed by atoms with Gasteiger partial charge in [-0.15, -0.1) is 0 Å². The molecular formula is C47H52N4O. The fraction of sp³-hybridized carbons (Fsp3) is 0.319. The van der Waals surface area contributed by atoms with Crippen molar-refractivity contribution in [3.8, 4) is 34.1 Å². The Kier molecular flexibility index (Phi) is 8.68. The van der Waals surface area contributed by atoms with Gasteiger partial charge in [-0.25, -0.2) is 9.67 Å². The molecule has 0 unspecified atom stereocenters. The maximum Gasteiger partial charge on any atom is 0.137 e. The zero-order chi connectivity index (χ0) is 37.3. The van der Waals surface area contributed by atoms with Crippen LogP contribution < -0.4 is 4.74 Å². The van der Waals surface area contributed by atoms with Crippen LogP contribution in [0.15, 0.2) is 91.1 Å². The third kappa shape index (κ3) is 6.31. The minimum Gasteiger partial charge on any atom is -0.457 e. The Hall–Kier alpha value is -5.16. The molecule has 0 spiro atoms. The summed E-state index contributed by atoms with van der Waals surface area (Å²) >= 11 is 0. The van der Waals surface area contributed by atoms with Crippen molar-refractivity contribution in [3.63, 3.8) is 0 Å². The number of hydrogen-bond acceptors (Lipinski definition) is 3. The molecule has 7 aromatic rings. The number of para-hydroxylation sites is 1. The first-order valence-electron chi connectivity index (χ1n) is 18.5. The van der Waals surface area contributed by atoms with Gasteiger partial charge in [0.2, 0.25) is 0 Å². The highest BCUT2D eigenvalue weighted by atomic mass is 16.5. The average Bonchev–Trinajstić information content (AvgIpc) is 3.56. The molecule has 0 radical (unpaired) electrons. The highest BCUT2D eigenvalue weighted by Gasteiger charge is 2.23. The van der Waals surface area contributed by atoms with E-state index in [9.17, 15) is 0 Å². The van der Waals surface area contributed by atoms with Gasteiger partial charge in [0.05, 0.1) is 22.4 Å². The molecule has 0 bridgehead atoms. The van der Waals surface area contributed by atoms with E-state index in [1.54, 1.807) is 0 Å². The monoisotopic (exact) mass is 688 g/mol. The van der Waals surface area contributed by atoms with Crippen molar-refractivity contribution in [2.24, 2.45) is 0 Å². The number of benzene rings is 4. The lowest BCUT2D eigenvalue weighted by atomic mass is 9.82. The van der Waals surface area contributed by atoms with E-state index in [4.69, 9.17) is 14.8 Å². The van der Waals surface area contributed by atoms with Crippen LogP contribution >= 0.6 is 0 Å². The van der Waals surface area contributed by atoms with Crippen molar-refractivity contribution >= 4 is 21.8 Å². The van der Waals surface area contributed by atoms with Gasteiger partial charge in [0.1, 0.15) is 17.3 Å². The molecule has 0 aliphatic carbocycles. The second kappa shape index (κ2) is 12.8. The zero-order valence-electron chi connectivity index (χ0n) is 32.9. The highest BCUT2D eigenvalue weighted by molar-refractivity contribution is 6.09. The van der Waals surface area contributed by atoms with Crippen LogP contribution in [0.3, 0.4) is 0 Å². The smallest absolute Gasteiger partial charge is 0.137 e. The van der Waals surface area contributed by atoms with Gasteiger partial charge < -0.3 is 4.74 Å². The fourth-order valence-corrected chi connectivity index (χ4v) is 7.57. The van der Waals surface area contributed by atoms with Gasteiger partial charge in [-0.1, -0.05) is 85.7 Å². The van der Waals surface area contributed by atoms with Crippen LogP contribution in [0.1, 0.15) is 101 Å². The lowest BCUT2D eigenvalue weighted by molar-refractivity contribution is 0.481. The van der Waals surface area contributed by atoms with Crippen LogP contribution in [0.25, 0.3) is 44.4 Å². The van der Waals surface area contributed by atoms with E-state index < -0.39 is 0 Å². The predicted molar refractivity (Wildman–Crippen MR) is 218 cm³/mol. The van der Waals surface area contributed by atoms with Crippen LogP contribution in [-0.2, 0) is 10.8 Å². The Bertz CT molecular complexity index is 2460. The third-order valence-corrected chi connectivity index (χ3v) is 10.5. The van der Waals surface area contributed by atoms with Crippen molar-refractivity contribution < 1.29 is 4.74 Å². The maximum atomic E-state index is 6.77. The van der Waals surface area contributed by atoms with Crippen molar-refractivity contribution in [1.29, 1.82) is 0 Å². The fourth-order valence-electron chi connectivity index (χ4n) is 7.57. The van der Waals surface area contributed by atoms with E-state index in [1.807, 2.05) is 6.20 Å². The molecular weight excluding hydrogens is 637 g/mol. The van der Waals surface area contributed by atoms with Crippen molar-refractivity contribution in [3.05, 3.63) is 130 Å². The number of fused-ring (bicyclic) bond motifs is 3. The van der Waals surface area contributed by atoms with Crippen molar-refractivity contribution in [2.75, 3.05) is 0 Å². The summed E-state index contributed by atoms with van der Waals surface area (Å²) in [7, 11) is 0. The van der Waals surface area contributed by atoms with Gasteiger partial charge in [0.15, 0.2) is 0 Å². The molecule has 5 heteroatoms. The first kappa shape index (κ1) is 35.3. The molecule has 0 N–H and O–H groups in total. The van der Waals surface area contributed by atoms with Gasteiger partial charge in [-0.05, 0) is 120 Å². The summed E-state index contributed by atoms with van der Waals surface area (Å²) in [5.74, 6) is 2.76. The Morgan fingerprint density at radius 1 is 0.635 bits per heavy atom. The molecule has 4 aromatic carbocycles. The van der Waals surface area contributed by atoms with Gasteiger partial charge >= 0.3 is 0 Å². The van der Waals surface area contributed by atoms with E-state index >= 15 is 0 Å². The SMILES string of the molecule is Cc1cc(C(C)(C)C)cc(C)c1-c1c(C)nn(-c2cc(Oc3ccc4c5ccccc5n(-c5cc(C(C)(C)C)ccn5)c4c3)cc(C(C)C)c2)c1C. The standard InChI is InChI=1S/C47H52N4O/c1-28(2)33-23-36(51-32(6)45(31(5)49-51)44-29(3)21-35(22-30(44)4)47(10,11)12)26-38(24-33)52-37-17-18-40-39-15-13-14-16-41(39)50(42(40)27-37)43-25-34(19-20-48-43)46(7,8)9/h13-28H,1-12H3. The summed E-state index contributed by atoms with van der Waals surface area (Å²) in [6, 6.07) is 30.5. The Morgan fingerprint density at radius 2 is 1.31 bits per heavy atom. The second-order valence-electron chi connectivity index (χ2n) is 16.9. The number of aromatic nitrogens is 4. The van der Waals surface area contributed by atoms with Gasteiger partial charge in [-0.3, -0.25) is 4.57 Å². The normalized spacial score (nSPS) is 12.4. The molecule has 0 fully saturated rings. The Balaban J connectivity index is 1.33. The molecule has 3 aromatic heterocycles. The van der Waals surface area contributed by atoms with Crippen LogP contribution in [0.5, 0.6) is 11.5 Å². The van der Waals surface area contributed by atoms with Gasteiger partial charge in [0, 0.05) is 40.4 Å². The Labute approximate surface area is 309 Å². The quantitative estimate of drug-likeness (QED) is 0.175. The first-order chi connectivity index (χ1) is 24.5. The minimum absolute atomic E-state index is 0.00460. The average molecular weight is 689 g/mol. The maximum absolute atomic E-state index is 6.77. The van der Waals surface area contributed by atoms with E-state index in [0.717, 1.165) is 45.4 Å². The first-order valence-corrected chi connectivity index (χ1v) is 18.5. The zero-order valence-corrected chi connectivity index (χ0v) is 32.9. The predicted octanol–water partition coefficient (Wildman–Crippen LogP) is 12.8. The summed E-state index contributed by atoms with van der Waals surface area (Å²) < 4.78 is 11.1. The van der Waals surface area contributed by atoms with Crippen molar-refractivity contribution in [1.82, 2.24) is 19.3 Å². The number of hydrogen-bond donors (Lipinski definition) is 0. The summed E-state index contributed by atoms with van der Waals surface area (Å²) in [4.78, 5) is 4.86. The van der Waals surface area contributed by atoms with Gasteiger partial charge in [0.25, 0.3) is 0 Å². The summed E-state index contributed by atoms with van der Waals surface area (Å²) in [6.07, 6.45) is 1.92. The molecule has 0 atom stereocenters. The number of pyridine rings is 1. The lowest BCUT2D eigenvalue weighted by Gasteiger charge is -2.22. The third-order valence-electron chi connectivity index (χ3n) is 10.5. The molecule has 0 aliphatic heterocycles. The lowest BCUT2D eigenvalue weighted by Crippen LogP contribution is -2.12. The molecule has 5 nitrogen and oxygen atoms in total. The van der Waals surface area contributed by atoms with Crippen LogP contribution in [0.2, 0.25) is 0 Å². The molecule has 0 amide bonds. The van der Waals surface area contributed by atoms with Crippen molar-refractivity contribution in [2.45, 2.75) is 99.8 Å². The molecule has 0 aliphatic rings. The minimum atomic E-state index is 0.00460. The molecule has 0 saturated heterocycles. The Morgan fingerprint density at radius 3 is 1.98 bits per heavy atom. The van der Waals surface area contributed by atoms with E-state index in [2.05, 4.69) is 177 Å². The van der Waals surface area contributed by atoms with Crippen LogP contribution in [-0.4, -0.2) is 19.3 Å². The van der Waals surface area contributed by atoms with E-state index in [0.29, 0.717) is 5.92 Å². The van der Waals surface area contributed by atoms with Crippen LogP contribution in [0, 0.1) is 27.7 Å². The van der Waals surface area contributed by atoms with E-state index in [1.165, 1.54) is 49.7 Å². The largest absolute Gasteiger partial charge is 0.457 e. The number of rotatable bonds is 6. The summed E-state index contributed by atoms with van der Waals surface area (Å²) in [5, 5.41) is 7.50. The molecule has 0 saturated carbocycles. The topological polar surface area (TPSA) is 44.9 Å².